The number of fused-ring (bicyclic) bond motifs is 2. The zero-order valence-electron chi connectivity index (χ0n) is 8.59. The standard InChI is InChI=1S/C11H21N/c1-8(2)12-6-10-4-9(3)11(5-10)7-12/h8-11H,4-7H2,1-3H3/t9-,10-,11+/m0/s1. The van der Waals surface area contributed by atoms with Crippen LogP contribution in [-0.2, 0) is 0 Å². The second kappa shape index (κ2) is 3.02. The third-order valence-electron chi connectivity index (χ3n) is 3.84. The molecule has 1 aliphatic heterocycles. The molecule has 12 heavy (non-hydrogen) atoms. The topological polar surface area (TPSA) is 3.24 Å². The van der Waals surface area contributed by atoms with Crippen LogP contribution in [0.4, 0.5) is 0 Å². The summed E-state index contributed by atoms with van der Waals surface area (Å²) in [6, 6.07) is 0.764. The second-order valence-corrected chi connectivity index (χ2v) is 5.12. The van der Waals surface area contributed by atoms with Crippen LogP contribution in [0, 0.1) is 17.8 Å². The van der Waals surface area contributed by atoms with Crippen LogP contribution in [0.1, 0.15) is 33.6 Å². The van der Waals surface area contributed by atoms with Gasteiger partial charge >= 0.3 is 0 Å². The van der Waals surface area contributed by atoms with E-state index in [-0.39, 0.29) is 0 Å². The van der Waals surface area contributed by atoms with Gasteiger partial charge in [0.15, 0.2) is 0 Å². The molecular weight excluding hydrogens is 146 g/mol. The maximum Gasteiger partial charge on any atom is 0.00388 e. The minimum atomic E-state index is 0.764. The summed E-state index contributed by atoms with van der Waals surface area (Å²) in [4.78, 5) is 2.67. The van der Waals surface area contributed by atoms with Crippen LogP contribution in [0.2, 0.25) is 0 Å². The molecule has 0 aromatic rings. The van der Waals surface area contributed by atoms with Crippen LogP contribution in [0.3, 0.4) is 0 Å². The van der Waals surface area contributed by atoms with Crippen molar-refractivity contribution in [3.63, 3.8) is 0 Å². The molecule has 1 nitrogen and oxygen atoms in total. The fraction of sp³-hybridized carbons (Fsp3) is 1.00. The molecule has 0 unspecified atom stereocenters. The minimum absolute atomic E-state index is 0.764. The van der Waals surface area contributed by atoms with E-state index >= 15 is 0 Å². The van der Waals surface area contributed by atoms with E-state index in [2.05, 4.69) is 25.7 Å². The molecule has 0 aromatic heterocycles. The predicted octanol–water partition coefficient (Wildman–Crippen LogP) is 2.37. The lowest BCUT2D eigenvalue weighted by molar-refractivity contribution is 0.128. The summed E-state index contributed by atoms with van der Waals surface area (Å²) in [5.41, 5.74) is 0. The summed E-state index contributed by atoms with van der Waals surface area (Å²) in [6.45, 7) is 9.84. The number of hydrogen-bond acceptors (Lipinski definition) is 1. The minimum Gasteiger partial charge on any atom is -0.300 e. The predicted molar refractivity (Wildman–Crippen MR) is 52.1 cm³/mol. The Labute approximate surface area is 76.1 Å². The highest BCUT2D eigenvalue weighted by atomic mass is 15.2. The summed E-state index contributed by atoms with van der Waals surface area (Å²) in [5.74, 6) is 3.05. The maximum atomic E-state index is 2.67. The van der Waals surface area contributed by atoms with Crippen molar-refractivity contribution in [1.29, 1.82) is 0 Å². The third kappa shape index (κ3) is 1.39. The number of nitrogens with zero attached hydrogens (tertiary/aromatic N) is 1. The SMILES string of the molecule is CC(C)N1C[C@@H]2C[C@H](C1)[C@@H](C)C2. The molecule has 2 fully saturated rings. The molecule has 0 N–H and O–H groups in total. The summed E-state index contributed by atoms with van der Waals surface area (Å²) >= 11 is 0. The first-order valence-electron chi connectivity index (χ1n) is 5.41. The molecule has 1 aliphatic carbocycles. The van der Waals surface area contributed by atoms with Gasteiger partial charge in [-0.25, -0.2) is 0 Å². The lowest BCUT2D eigenvalue weighted by Gasteiger charge is -2.35. The summed E-state index contributed by atoms with van der Waals surface area (Å²) in [7, 11) is 0. The van der Waals surface area contributed by atoms with Crippen LogP contribution in [-0.4, -0.2) is 24.0 Å². The van der Waals surface area contributed by atoms with Gasteiger partial charge in [-0.15, -0.1) is 0 Å². The Bertz CT molecular complexity index is 162. The van der Waals surface area contributed by atoms with Gasteiger partial charge < -0.3 is 4.90 Å². The number of hydrogen-bond donors (Lipinski definition) is 0. The molecule has 1 heterocycles. The molecule has 70 valence electrons. The summed E-state index contributed by atoms with van der Waals surface area (Å²) in [6.07, 6.45) is 3.01. The zero-order chi connectivity index (χ0) is 8.72. The van der Waals surface area contributed by atoms with Gasteiger partial charge in [0.05, 0.1) is 0 Å². The van der Waals surface area contributed by atoms with Crippen molar-refractivity contribution in [3.8, 4) is 0 Å². The highest BCUT2D eigenvalue weighted by molar-refractivity contribution is 4.90. The lowest BCUT2D eigenvalue weighted by Crippen LogP contribution is -2.41. The number of rotatable bonds is 1. The molecule has 0 aromatic carbocycles. The fourth-order valence-electron chi connectivity index (χ4n) is 3.01. The first-order chi connectivity index (χ1) is 5.66. The van der Waals surface area contributed by atoms with Gasteiger partial charge in [0.2, 0.25) is 0 Å². The van der Waals surface area contributed by atoms with Crippen molar-refractivity contribution in [1.82, 2.24) is 4.90 Å². The summed E-state index contributed by atoms with van der Waals surface area (Å²) in [5, 5.41) is 0. The quantitative estimate of drug-likeness (QED) is 0.579. The number of piperidine rings is 1. The average molecular weight is 167 g/mol. The molecule has 2 rings (SSSR count). The Morgan fingerprint density at radius 1 is 1.17 bits per heavy atom. The van der Waals surface area contributed by atoms with Crippen molar-refractivity contribution in [2.75, 3.05) is 13.1 Å². The van der Waals surface area contributed by atoms with E-state index in [9.17, 15) is 0 Å². The van der Waals surface area contributed by atoms with Crippen molar-refractivity contribution in [2.45, 2.75) is 39.7 Å². The Hall–Kier alpha value is -0.0400. The van der Waals surface area contributed by atoms with E-state index in [1.165, 1.54) is 25.9 Å². The molecule has 0 radical (unpaired) electrons. The second-order valence-electron chi connectivity index (χ2n) is 5.12. The van der Waals surface area contributed by atoms with E-state index in [1.54, 1.807) is 0 Å². The molecule has 1 saturated heterocycles. The van der Waals surface area contributed by atoms with Crippen molar-refractivity contribution in [3.05, 3.63) is 0 Å². The van der Waals surface area contributed by atoms with Gasteiger partial charge in [-0.05, 0) is 44.4 Å². The van der Waals surface area contributed by atoms with Gasteiger partial charge in [-0.3, -0.25) is 0 Å². The van der Waals surface area contributed by atoms with Crippen LogP contribution < -0.4 is 0 Å². The average Bonchev–Trinajstić information content (AvgIpc) is 2.26. The summed E-state index contributed by atoms with van der Waals surface area (Å²) < 4.78 is 0. The van der Waals surface area contributed by atoms with Gasteiger partial charge in [0.1, 0.15) is 0 Å². The molecule has 0 spiro atoms. The van der Waals surface area contributed by atoms with Gasteiger partial charge in [0, 0.05) is 19.1 Å². The van der Waals surface area contributed by atoms with E-state index < -0.39 is 0 Å². The van der Waals surface area contributed by atoms with Crippen molar-refractivity contribution >= 4 is 0 Å². The molecule has 2 bridgehead atoms. The highest BCUT2D eigenvalue weighted by Crippen LogP contribution is 2.41. The molecule has 3 atom stereocenters. The zero-order valence-corrected chi connectivity index (χ0v) is 8.59. The van der Waals surface area contributed by atoms with Gasteiger partial charge in [-0.2, -0.15) is 0 Å². The Balaban J connectivity index is 2.01. The fourth-order valence-corrected chi connectivity index (χ4v) is 3.01. The van der Waals surface area contributed by atoms with Crippen LogP contribution in [0.15, 0.2) is 0 Å². The van der Waals surface area contributed by atoms with Crippen molar-refractivity contribution < 1.29 is 0 Å². The highest BCUT2D eigenvalue weighted by Gasteiger charge is 2.38. The molecule has 1 saturated carbocycles. The normalized spacial score (nSPS) is 42.5. The van der Waals surface area contributed by atoms with E-state index in [0.717, 1.165) is 23.8 Å². The number of likely N-dealkylation sites (tertiary alicyclic amines) is 1. The van der Waals surface area contributed by atoms with E-state index in [4.69, 9.17) is 0 Å². The Morgan fingerprint density at radius 2 is 1.92 bits per heavy atom. The molecular formula is C11H21N. The van der Waals surface area contributed by atoms with Gasteiger partial charge in [0.25, 0.3) is 0 Å². The van der Waals surface area contributed by atoms with Crippen LogP contribution in [0.25, 0.3) is 0 Å². The first-order valence-corrected chi connectivity index (χ1v) is 5.41. The largest absolute Gasteiger partial charge is 0.300 e. The van der Waals surface area contributed by atoms with Crippen LogP contribution >= 0.6 is 0 Å². The van der Waals surface area contributed by atoms with E-state index in [0.29, 0.717) is 0 Å². The smallest absolute Gasteiger partial charge is 0.00388 e. The maximum absolute atomic E-state index is 2.67. The van der Waals surface area contributed by atoms with E-state index in [1.807, 2.05) is 0 Å². The molecule has 1 heteroatoms. The molecule has 2 aliphatic rings. The Kier molecular flexibility index (Phi) is 2.16. The van der Waals surface area contributed by atoms with Crippen LogP contribution in [0.5, 0.6) is 0 Å². The van der Waals surface area contributed by atoms with Gasteiger partial charge in [-0.1, -0.05) is 6.92 Å². The third-order valence-corrected chi connectivity index (χ3v) is 3.84. The first kappa shape index (κ1) is 8.55. The Morgan fingerprint density at radius 3 is 2.50 bits per heavy atom. The lowest BCUT2D eigenvalue weighted by atomic mass is 9.95. The molecule has 0 amide bonds. The van der Waals surface area contributed by atoms with Crippen molar-refractivity contribution in [2.24, 2.45) is 17.8 Å². The monoisotopic (exact) mass is 167 g/mol.